The van der Waals surface area contributed by atoms with Gasteiger partial charge < -0.3 is 10.6 Å². The van der Waals surface area contributed by atoms with E-state index in [9.17, 15) is 9.59 Å². The van der Waals surface area contributed by atoms with E-state index in [4.69, 9.17) is 23.2 Å². The van der Waals surface area contributed by atoms with Gasteiger partial charge in [-0.15, -0.1) is 0 Å². The molecule has 0 fully saturated rings. The molecule has 6 heteroatoms. The number of rotatable bonds is 6. The number of halogens is 2. The monoisotopic (exact) mass is 378 g/mol. The van der Waals surface area contributed by atoms with E-state index in [0.717, 1.165) is 6.42 Å². The van der Waals surface area contributed by atoms with Crippen molar-refractivity contribution >= 4 is 40.7 Å². The van der Waals surface area contributed by atoms with E-state index >= 15 is 0 Å². The van der Waals surface area contributed by atoms with Crippen molar-refractivity contribution in [2.75, 3.05) is 11.9 Å². The third kappa shape index (κ3) is 5.76. The van der Waals surface area contributed by atoms with E-state index in [1.165, 1.54) is 0 Å². The van der Waals surface area contributed by atoms with Crippen molar-refractivity contribution in [2.24, 2.45) is 5.92 Å². The Morgan fingerprint density at radius 3 is 2.28 bits per heavy atom. The second kappa shape index (κ2) is 8.88. The fourth-order valence-electron chi connectivity index (χ4n) is 2.16. The van der Waals surface area contributed by atoms with Gasteiger partial charge in [0.15, 0.2) is 0 Å². The number of carbonyl (C=O) groups excluding carboxylic acids is 2. The van der Waals surface area contributed by atoms with Crippen LogP contribution in [0.25, 0.3) is 0 Å². The number of anilines is 1. The van der Waals surface area contributed by atoms with E-state index < -0.39 is 0 Å². The van der Waals surface area contributed by atoms with E-state index in [-0.39, 0.29) is 11.8 Å². The number of hydrogen-bond donors (Lipinski definition) is 2. The molecule has 0 radical (unpaired) electrons. The lowest BCUT2D eigenvalue weighted by atomic mass is 10.1. The summed E-state index contributed by atoms with van der Waals surface area (Å²) in [6, 6.07) is 11.4. The van der Waals surface area contributed by atoms with Crippen molar-refractivity contribution in [3.63, 3.8) is 0 Å². The van der Waals surface area contributed by atoms with Crippen molar-refractivity contribution in [3.8, 4) is 0 Å². The first kappa shape index (κ1) is 19.3. The average Bonchev–Trinajstić information content (AvgIpc) is 2.58. The van der Waals surface area contributed by atoms with E-state index in [1.54, 1.807) is 42.5 Å². The highest BCUT2D eigenvalue weighted by Gasteiger charge is 2.11. The Balaban J connectivity index is 2.05. The summed E-state index contributed by atoms with van der Waals surface area (Å²) in [5.74, 6) is 0.00340. The molecule has 0 aliphatic carbocycles. The third-order valence-corrected chi connectivity index (χ3v) is 4.31. The van der Waals surface area contributed by atoms with E-state index in [1.807, 2.05) is 0 Å². The minimum absolute atomic E-state index is 0.190. The Morgan fingerprint density at radius 1 is 0.960 bits per heavy atom. The summed E-state index contributed by atoms with van der Waals surface area (Å²) in [6.07, 6.45) is 0.906. The molecule has 0 bridgehead atoms. The lowest BCUT2D eigenvalue weighted by molar-refractivity contribution is 0.0952. The van der Waals surface area contributed by atoms with Gasteiger partial charge >= 0.3 is 0 Å². The summed E-state index contributed by atoms with van der Waals surface area (Å²) in [4.78, 5) is 24.5. The van der Waals surface area contributed by atoms with Crippen LogP contribution in [0.3, 0.4) is 0 Å². The highest BCUT2D eigenvalue weighted by Crippen LogP contribution is 2.25. The fraction of sp³-hybridized carbons (Fsp3) is 0.263. The van der Waals surface area contributed by atoms with Crippen LogP contribution in [0.2, 0.25) is 10.0 Å². The lowest BCUT2D eigenvalue weighted by Crippen LogP contribution is -2.25. The second-order valence-corrected chi connectivity index (χ2v) is 6.92. The van der Waals surface area contributed by atoms with Crippen molar-refractivity contribution in [1.82, 2.24) is 5.32 Å². The summed E-state index contributed by atoms with van der Waals surface area (Å²) in [7, 11) is 0. The molecular formula is C19H20Cl2N2O2. The quantitative estimate of drug-likeness (QED) is 0.740. The first-order valence-corrected chi connectivity index (χ1v) is 8.77. The normalized spacial score (nSPS) is 10.6. The van der Waals surface area contributed by atoms with Crippen molar-refractivity contribution in [3.05, 3.63) is 63.6 Å². The zero-order valence-electron chi connectivity index (χ0n) is 14.1. The van der Waals surface area contributed by atoms with Crippen LogP contribution < -0.4 is 10.6 Å². The maximum absolute atomic E-state index is 12.4. The van der Waals surface area contributed by atoms with E-state index in [2.05, 4.69) is 24.5 Å². The molecule has 132 valence electrons. The van der Waals surface area contributed by atoms with Gasteiger partial charge in [0.05, 0.1) is 10.0 Å². The van der Waals surface area contributed by atoms with Crippen molar-refractivity contribution in [1.29, 1.82) is 0 Å². The van der Waals surface area contributed by atoms with E-state index in [0.29, 0.717) is 39.3 Å². The molecule has 0 unspecified atom stereocenters. The molecule has 0 spiro atoms. The SMILES string of the molecule is CC(C)CCNC(=O)c1cccc(C(=O)Nc2ccc(Cl)c(Cl)c2)c1. The maximum Gasteiger partial charge on any atom is 0.255 e. The van der Waals surface area contributed by atoms with Crippen LogP contribution in [0.5, 0.6) is 0 Å². The van der Waals surface area contributed by atoms with Gasteiger partial charge in [0.1, 0.15) is 0 Å². The van der Waals surface area contributed by atoms with Crippen LogP contribution in [0, 0.1) is 5.92 Å². The fourth-order valence-corrected chi connectivity index (χ4v) is 2.45. The number of hydrogen-bond acceptors (Lipinski definition) is 2. The molecule has 2 rings (SSSR count). The summed E-state index contributed by atoms with van der Waals surface area (Å²) >= 11 is 11.8. The maximum atomic E-state index is 12.4. The summed E-state index contributed by atoms with van der Waals surface area (Å²) < 4.78 is 0. The van der Waals surface area contributed by atoms with Crippen LogP contribution in [0.1, 0.15) is 41.0 Å². The van der Waals surface area contributed by atoms with Gasteiger partial charge in [-0.3, -0.25) is 9.59 Å². The smallest absolute Gasteiger partial charge is 0.255 e. The Bertz CT molecular complexity index is 776. The third-order valence-electron chi connectivity index (χ3n) is 3.57. The van der Waals surface area contributed by atoms with Crippen LogP contribution in [0.15, 0.2) is 42.5 Å². The topological polar surface area (TPSA) is 58.2 Å². The standard InChI is InChI=1S/C19H20Cl2N2O2/c1-12(2)8-9-22-18(24)13-4-3-5-14(10-13)19(25)23-15-6-7-16(20)17(21)11-15/h3-7,10-12H,8-9H2,1-2H3,(H,22,24)(H,23,25). The molecular weight excluding hydrogens is 359 g/mol. The summed E-state index contributed by atoms with van der Waals surface area (Å²) in [5.41, 5.74) is 1.37. The molecule has 25 heavy (non-hydrogen) atoms. The predicted octanol–water partition coefficient (Wildman–Crippen LogP) is 5.02. The number of carbonyl (C=O) groups is 2. The summed E-state index contributed by atoms with van der Waals surface area (Å²) in [5, 5.41) is 6.37. The van der Waals surface area contributed by atoms with Gasteiger partial charge in [-0.2, -0.15) is 0 Å². The molecule has 0 saturated heterocycles. The molecule has 0 heterocycles. The van der Waals surface area contributed by atoms with Crippen molar-refractivity contribution in [2.45, 2.75) is 20.3 Å². The van der Waals surface area contributed by atoms with Crippen LogP contribution in [-0.4, -0.2) is 18.4 Å². The predicted molar refractivity (Wildman–Crippen MR) is 103 cm³/mol. The lowest BCUT2D eigenvalue weighted by Gasteiger charge is -2.09. The van der Waals surface area contributed by atoms with Gasteiger partial charge in [-0.05, 0) is 48.7 Å². The zero-order chi connectivity index (χ0) is 18.4. The number of benzene rings is 2. The van der Waals surface area contributed by atoms with Crippen LogP contribution in [-0.2, 0) is 0 Å². The summed E-state index contributed by atoms with van der Waals surface area (Å²) in [6.45, 7) is 4.80. The average molecular weight is 379 g/mol. The van der Waals surface area contributed by atoms with Gasteiger partial charge in [0.2, 0.25) is 0 Å². The minimum Gasteiger partial charge on any atom is -0.352 e. The first-order valence-electron chi connectivity index (χ1n) is 8.01. The molecule has 2 aromatic carbocycles. The molecule has 0 aliphatic heterocycles. The Hall–Kier alpha value is -2.04. The van der Waals surface area contributed by atoms with Gasteiger partial charge in [0, 0.05) is 23.4 Å². The number of nitrogens with one attached hydrogen (secondary N) is 2. The molecule has 2 amide bonds. The molecule has 2 N–H and O–H groups in total. The van der Waals surface area contributed by atoms with Gasteiger partial charge in [-0.1, -0.05) is 43.1 Å². The van der Waals surface area contributed by atoms with Crippen molar-refractivity contribution < 1.29 is 9.59 Å². The number of amides is 2. The molecule has 0 saturated carbocycles. The highest BCUT2D eigenvalue weighted by molar-refractivity contribution is 6.42. The molecule has 0 aromatic heterocycles. The van der Waals surface area contributed by atoms with Crippen LogP contribution >= 0.6 is 23.2 Å². The van der Waals surface area contributed by atoms with Gasteiger partial charge in [-0.25, -0.2) is 0 Å². The zero-order valence-corrected chi connectivity index (χ0v) is 15.6. The molecule has 4 nitrogen and oxygen atoms in total. The highest BCUT2D eigenvalue weighted by atomic mass is 35.5. The minimum atomic E-state index is -0.324. The first-order chi connectivity index (χ1) is 11.9. The van der Waals surface area contributed by atoms with Gasteiger partial charge in [0.25, 0.3) is 11.8 Å². The Morgan fingerprint density at radius 2 is 1.64 bits per heavy atom. The molecule has 0 aliphatic rings. The molecule has 0 atom stereocenters. The van der Waals surface area contributed by atoms with Crippen LogP contribution in [0.4, 0.5) is 5.69 Å². The second-order valence-electron chi connectivity index (χ2n) is 6.10. The molecule has 2 aromatic rings. The Kier molecular flexibility index (Phi) is 6.85. The Labute approximate surface area is 157 Å². The largest absolute Gasteiger partial charge is 0.352 e.